The standard InChI is InChI=1S/C30H23N3O6S/c1-18(23-9-5-7-20-6-3-4-8-24(20)23)31-28(35)25(16-19-10-15-27(39-2)26(34)17-19)29(36)32(30(31)40)21-11-13-22(14-12-21)33(37)38/h3-18,34H,1-2H3/b25-16-. The van der Waals surface area contributed by atoms with Crippen LogP contribution in [-0.4, -0.2) is 39.0 Å². The van der Waals surface area contributed by atoms with Crippen molar-refractivity contribution in [3.05, 3.63) is 112 Å². The molecular weight excluding hydrogens is 530 g/mol. The summed E-state index contributed by atoms with van der Waals surface area (Å²) in [4.78, 5) is 41.0. The first-order chi connectivity index (χ1) is 19.2. The van der Waals surface area contributed by atoms with Crippen molar-refractivity contribution in [2.24, 2.45) is 0 Å². The van der Waals surface area contributed by atoms with Crippen molar-refractivity contribution in [3.8, 4) is 11.5 Å². The summed E-state index contributed by atoms with van der Waals surface area (Å²) in [5.74, 6) is -1.22. The summed E-state index contributed by atoms with van der Waals surface area (Å²) in [5.41, 5.74) is 1.15. The number of phenols is 1. The van der Waals surface area contributed by atoms with Crippen molar-refractivity contribution in [2.45, 2.75) is 13.0 Å². The molecule has 1 heterocycles. The summed E-state index contributed by atoms with van der Waals surface area (Å²) in [6.45, 7) is 1.83. The summed E-state index contributed by atoms with van der Waals surface area (Å²) in [7, 11) is 1.41. The average Bonchev–Trinajstić information content (AvgIpc) is 2.95. The molecule has 1 aliphatic rings. The number of carbonyl (C=O) groups is 2. The van der Waals surface area contributed by atoms with E-state index in [0.29, 0.717) is 5.56 Å². The Labute approximate surface area is 234 Å². The number of ether oxygens (including phenoxy) is 1. The molecule has 4 aromatic carbocycles. The maximum atomic E-state index is 14.0. The van der Waals surface area contributed by atoms with Gasteiger partial charge >= 0.3 is 0 Å². The van der Waals surface area contributed by atoms with Crippen molar-refractivity contribution < 1.29 is 24.4 Å². The minimum absolute atomic E-state index is 0.0565. The van der Waals surface area contributed by atoms with Crippen LogP contribution in [0.3, 0.4) is 0 Å². The van der Waals surface area contributed by atoms with Crippen LogP contribution in [0.25, 0.3) is 16.8 Å². The molecule has 5 rings (SSSR count). The molecular formula is C30H23N3O6S. The van der Waals surface area contributed by atoms with Gasteiger partial charge in [-0.1, -0.05) is 48.5 Å². The molecule has 1 unspecified atom stereocenters. The van der Waals surface area contributed by atoms with Crippen molar-refractivity contribution in [3.63, 3.8) is 0 Å². The lowest BCUT2D eigenvalue weighted by Gasteiger charge is -2.40. The fourth-order valence-electron chi connectivity index (χ4n) is 4.76. The van der Waals surface area contributed by atoms with Crippen LogP contribution in [0.2, 0.25) is 0 Å². The van der Waals surface area contributed by atoms with Gasteiger partial charge in [0.25, 0.3) is 17.5 Å². The summed E-state index contributed by atoms with van der Waals surface area (Å²) in [6, 6.07) is 22.8. The second kappa shape index (κ2) is 10.6. The molecule has 4 aromatic rings. The number of rotatable bonds is 6. The number of nitro benzene ring substituents is 1. The first-order valence-electron chi connectivity index (χ1n) is 12.2. The molecule has 9 nitrogen and oxygen atoms in total. The van der Waals surface area contributed by atoms with Gasteiger partial charge in [-0.15, -0.1) is 0 Å². The van der Waals surface area contributed by atoms with Gasteiger partial charge in [-0.3, -0.25) is 29.5 Å². The molecule has 0 saturated carbocycles. The number of nitro groups is 1. The molecule has 1 N–H and O–H groups in total. The molecule has 1 fully saturated rings. The van der Waals surface area contributed by atoms with E-state index >= 15 is 0 Å². The van der Waals surface area contributed by atoms with Gasteiger partial charge in [-0.25, -0.2) is 0 Å². The van der Waals surface area contributed by atoms with E-state index in [4.69, 9.17) is 17.0 Å². The fourth-order valence-corrected chi connectivity index (χ4v) is 5.19. The van der Waals surface area contributed by atoms with Crippen LogP contribution in [0.1, 0.15) is 24.1 Å². The topological polar surface area (TPSA) is 113 Å². The quantitative estimate of drug-likeness (QED) is 0.106. The first-order valence-corrected chi connectivity index (χ1v) is 12.6. The lowest BCUT2D eigenvalue weighted by molar-refractivity contribution is -0.384. The van der Waals surface area contributed by atoms with Gasteiger partial charge in [0.1, 0.15) is 5.57 Å². The van der Waals surface area contributed by atoms with E-state index in [2.05, 4.69) is 0 Å². The first kappa shape index (κ1) is 26.5. The normalized spacial score (nSPS) is 15.6. The van der Waals surface area contributed by atoms with Crippen LogP contribution < -0.4 is 9.64 Å². The Hall–Kier alpha value is -5.09. The lowest BCUT2D eigenvalue weighted by Crippen LogP contribution is -2.57. The highest BCUT2D eigenvalue weighted by molar-refractivity contribution is 7.80. The minimum Gasteiger partial charge on any atom is -0.504 e. The molecule has 1 saturated heterocycles. The van der Waals surface area contributed by atoms with Crippen LogP contribution in [0.5, 0.6) is 11.5 Å². The number of hydrogen-bond donors (Lipinski definition) is 1. The summed E-state index contributed by atoms with van der Waals surface area (Å²) < 4.78 is 5.09. The van der Waals surface area contributed by atoms with Gasteiger partial charge in [0.15, 0.2) is 16.6 Å². The average molecular weight is 554 g/mol. The lowest BCUT2D eigenvalue weighted by atomic mass is 9.97. The van der Waals surface area contributed by atoms with Gasteiger partial charge < -0.3 is 9.84 Å². The third-order valence-corrected chi connectivity index (χ3v) is 7.15. The second-order valence-corrected chi connectivity index (χ2v) is 9.47. The fraction of sp³-hybridized carbons (Fsp3) is 0.100. The van der Waals surface area contributed by atoms with Crippen molar-refractivity contribution in [1.82, 2.24) is 4.90 Å². The Kier molecular flexibility index (Phi) is 7.02. The molecule has 40 heavy (non-hydrogen) atoms. The third-order valence-electron chi connectivity index (χ3n) is 6.77. The summed E-state index contributed by atoms with van der Waals surface area (Å²) in [6.07, 6.45) is 1.38. The van der Waals surface area contributed by atoms with Crippen molar-refractivity contribution in [2.75, 3.05) is 12.0 Å². The SMILES string of the molecule is COc1ccc(/C=C2\C(=O)N(c3ccc([N+](=O)[O-])cc3)C(=S)N(C(C)c3cccc4ccccc34)C2=O)cc1O. The van der Waals surface area contributed by atoms with Crippen LogP contribution in [-0.2, 0) is 9.59 Å². The maximum Gasteiger partial charge on any atom is 0.270 e. The Morgan fingerprint density at radius 1 is 0.975 bits per heavy atom. The number of phenolic OH excluding ortho intramolecular Hbond substituents is 1. The summed E-state index contributed by atoms with van der Waals surface area (Å²) >= 11 is 5.73. The second-order valence-electron chi connectivity index (χ2n) is 9.11. The van der Waals surface area contributed by atoms with E-state index in [9.17, 15) is 24.8 Å². The van der Waals surface area contributed by atoms with Gasteiger partial charge in [0, 0.05) is 12.1 Å². The predicted octanol–water partition coefficient (Wildman–Crippen LogP) is 5.77. The minimum atomic E-state index is -0.694. The van der Waals surface area contributed by atoms with E-state index in [1.54, 1.807) is 6.07 Å². The Balaban J connectivity index is 1.65. The number of benzene rings is 4. The number of hydrogen-bond acceptors (Lipinski definition) is 7. The van der Waals surface area contributed by atoms with Crippen LogP contribution in [0.15, 0.2) is 90.5 Å². The Morgan fingerprint density at radius 3 is 2.35 bits per heavy atom. The number of carbonyl (C=O) groups excluding carboxylic acids is 2. The molecule has 0 aromatic heterocycles. The zero-order valence-electron chi connectivity index (χ0n) is 21.5. The van der Waals surface area contributed by atoms with Crippen LogP contribution >= 0.6 is 12.2 Å². The highest BCUT2D eigenvalue weighted by Crippen LogP contribution is 2.36. The highest BCUT2D eigenvalue weighted by Gasteiger charge is 2.43. The van der Waals surface area contributed by atoms with Gasteiger partial charge in [-0.2, -0.15) is 0 Å². The number of nitrogens with zero attached hydrogens (tertiary/aromatic N) is 3. The molecule has 0 aliphatic carbocycles. The highest BCUT2D eigenvalue weighted by atomic mass is 32.1. The number of non-ortho nitro benzene ring substituents is 1. The zero-order valence-corrected chi connectivity index (χ0v) is 22.3. The van der Waals surface area contributed by atoms with Crippen LogP contribution in [0, 0.1) is 10.1 Å². The third kappa shape index (κ3) is 4.65. The Bertz CT molecular complexity index is 1710. The molecule has 2 amide bonds. The number of methoxy groups -OCH3 is 1. The van der Waals surface area contributed by atoms with E-state index in [0.717, 1.165) is 16.3 Å². The molecule has 0 bridgehead atoms. The zero-order chi connectivity index (χ0) is 28.6. The number of amides is 2. The summed E-state index contributed by atoms with van der Waals surface area (Å²) in [5, 5.41) is 23.3. The smallest absolute Gasteiger partial charge is 0.270 e. The molecule has 1 aliphatic heterocycles. The number of aromatic hydroxyl groups is 1. The van der Waals surface area contributed by atoms with Gasteiger partial charge in [0.2, 0.25) is 0 Å². The molecule has 1 atom stereocenters. The van der Waals surface area contributed by atoms with Gasteiger partial charge in [0.05, 0.1) is 23.8 Å². The van der Waals surface area contributed by atoms with Crippen molar-refractivity contribution >= 4 is 57.4 Å². The largest absolute Gasteiger partial charge is 0.504 e. The maximum absolute atomic E-state index is 14.0. The van der Waals surface area contributed by atoms with Crippen molar-refractivity contribution in [1.29, 1.82) is 0 Å². The van der Waals surface area contributed by atoms with Gasteiger partial charge in [-0.05, 0) is 71.4 Å². The van der Waals surface area contributed by atoms with E-state index in [1.165, 1.54) is 59.4 Å². The monoisotopic (exact) mass is 553 g/mol. The molecule has 0 spiro atoms. The van der Waals surface area contributed by atoms with E-state index < -0.39 is 22.8 Å². The van der Waals surface area contributed by atoms with E-state index in [-0.39, 0.29) is 33.6 Å². The Morgan fingerprint density at radius 2 is 1.68 bits per heavy atom. The number of fused-ring (bicyclic) bond motifs is 1. The molecule has 200 valence electrons. The molecule has 10 heteroatoms. The molecule has 0 radical (unpaired) electrons. The predicted molar refractivity (Wildman–Crippen MR) is 155 cm³/mol. The van der Waals surface area contributed by atoms with Crippen LogP contribution in [0.4, 0.5) is 11.4 Å². The van der Waals surface area contributed by atoms with E-state index in [1.807, 2.05) is 49.4 Å². The number of thiocarbonyl (C=S) groups is 1. The number of anilines is 1.